The van der Waals surface area contributed by atoms with E-state index in [9.17, 15) is 9.59 Å². The zero-order valence-electron chi connectivity index (χ0n) is 53.1. The van der Waals surface area contributed by atoms with E-state index in [0.29, 0.717) is 16.7 Å². The molecule has 0 aliphatic carbocycles. The summed E-state index contributed by atoms with van der Waals surface area (Å²) in [6.07, 6.45) is 0. The van der Waals surface area contributed by atoms with E-state index in [4.69, 9.17) is 9.47 Å². The van der Waals surface area contributed by atoms with E-state index in [-0.39, 0.29) is 16.8 Å². The summed E-state index contributed by atoms with van der Waals surface area (Å²) in [4.78, 5) is 33.3. The largest absolute Gasteiger partial charge is 0.457 e. The molecule has 96 heavy (non-hydrogen) atoms. The number of rotatable bonds is 6. The Morgan fingerprint density at radius 3 is 1.22 bits per heavy atom. The predicted octanol–water partition coefficient (Wildman–Crippen LogP) is 23.3. The molecular formula is C88H60N2O4S2. The number of hydrogen-bond acceptors (Lipinski definition) is 8. The Morgan fingerprint density at radius 2 is 0.667 bits per heavy atom. The Hall–Kier alpha value is -11.2. The van der Waals surface area contributed by atoms with Gasteiger partial charge in [-0.25, -0.2) is 0 Å². The molecule has 2 spiro atoms. The average Bonchev–Trinajstić information content (AvgIpc) is 0.687. The molecule has 458 valence electrons. The maximum atomic E-state index is 14.9. The fourth-order valence-corrected chi connectivity index (χ4v) is 18.5. The highest BCUT2D eigenvalue weighted by atomic mass is 32.1. The number of hydrogen-bond donors (Lipinski definition) is 0. The molecule has 0 fully saturated rings. The molecule has 0 atom stereocenters. The number of para-hydroxylation sites is 5. The minimum Gasteiger partial charge on any atom is -0.457 e. The van der Waals surface area contributed by atoms with Crippen molar-refractivity contribution in [1.82, 2.24) is 0 Å². The lowest BCUT2D eigenvalue weighted by Crippen LogP contribution is -2.39. The zero-order chi connectivity index (χ0) is 64.3. The maximum absolute atomic E-state index is 14.9. The smallest absolute Gasteiger partial charge is 0.195 e. The highest BCUT2D eigenvalue weighted by molar-refractivity contribution is 7.25. The fourth-order valence-electron chi connectivity index (χ4n) is 16.2. The number of benzene rings is 13. The van der Waals surface area contributed by atoms with Crippen LogP contribution < -0.4 is 30.1 Å². The van der Waals surface area contributed by atoms with Gasteiger partial charge in [-0.2, -0.15) is 0 Å². The first-order chi connectivity index (χ1) is 47.0. The molecule has 0 saturated heterocycles. The van der Waals surface area contributed by atoms with Gasteiger partial charge >= 0.3 is 0 Å². The summed E-state index contributed by atoms with van der Waals surface area (Å²) in [7, 11) is 0. The second kappa shape index (κ2) is 21.2. The minimum atomic E-state index is -0.778. The van der Waals surface area contributed by atoms with Crippen molar-refractivity contribution in [2.24, 2.45) is 0 Å². The first-order valence-corrected chi connectivity index (χ1v) is 34.6. The summed E-state index contributed by atoms with van der Waals surface area (Å²) in [6, 6.07) is 99.7. The Bertz CT molecular complexity index is 5870. The summed E-state index contributed by atoms with van der Waals surface area (Å²) < 4.78 is 17.8. The number of ether oxygens (including phenoxy) is 2. The van der Waals surface area contributed by atoms with Gasteiger partial charge in [-0.05, 0) is 183 Å². The van der Waals surface area contributed by atoms with Gasteiger partial charge in [0.2, 0.25) is 0 Å². The maximum Gasteiger partial charge on any atom is 0.195 e. The van der Waals surface area contributed by atoms with Gasteiger partial charge in [-0.3, -0.25) is 9.59 Å². The van der Waals surface area contributed by atoms with E-state index in [1.54, 1.807) is 22.7 Å². The lowest BCUT2D eigenvalue weighted by Gasteiger charge is -2.48. The van der Waals surface area contributed by atoms with Gasteiger partial charge in [-0.15, -0.1) is 22.7 Å². The van der Waals surface area contributed by atoms with E-state index in [2.05, 4.69) is 274 Å². The van der Waals surface area contributed by atoms with Gasteiger partial charge in [0.1, 0.15) is 23.0 Å². The van der Waals surface area contributed by atoms with Crippen LogP contribution in [0, 0.1) is 0 Å². The third kappa shape index (κ3) is 8.03. The Balaban J connectivity index is 0.721. The normalized spacial score (nSPS) is 14.2. The standard InChI is InChI=1S/C88H60N2O4S2/c1-51(2)54-34-43-78-71(45-54)87(69-22-10-15-27-77(69)93-78)67-20-8-13-25-75(67)90(76-26-14-9-21-68(76)87)60-38-41-64-84(50-60)96-83-49-58(32-40-63(83)86(64)92)56-33-42-70-80(47-56)94-79-44-35-55(52(3)4)46-72(79)88(70)65-18-6-11-23-73(65)89(74-24-12-7-19-66(74)88)59-36-29-53(30-37-59)57-31-39-62-82(48-57)95-81-28-16-5-17-61(81)85(62)91/h5-52H,1-4H3. The first kappa shape index (κ1) is 56.4. The molecule has 19 rings (SSSR count). The number of anilines is 6. The van der Waals surface area contributed by atoms with E-state index in [1.165, 1.54) is 11.1 Å². The molecule has 15 aromatic rings. The molecule has 4 aliphatic rings. The van der Waals surface area contributed by atoms with Crippen molar-refractivity contribution in [1.29, 1.82) is 0 Å². The molecule has 6 heterocycles. The highest BCUT2D eigenvalue weighted by Gasteiger charge is 2.53. The monoisotopic (exact) mass is 1270 g/mol. The lowest BCUT2D eigenvalue weighted by molar-refractivity contribution is 0.433. The zero-order valence-corrected chi connectivity index (χ0v) is 54.7. The third-order valence-corrected chi connectivity index (χ3v) is 23.0. The molecule has 4 aliphatic heterocycles. The molecule has 6 nitrogen and oxygen atoms in total. The van der Waals surface area contributed by atoms with Crippen LogP contribution in [0.25, 0.3) is 62.6 Å². The van der Waals surface area contributed by atoms with Crippen LogP contribution in [-0.2, 0) is 10.8 Å². The molecule has 13 aromatic carbocycles. The van der Waals surface area contributed by atoms with Crippen LogP contribution in [0.2, 0.25) is 0 Å². The van der Waals surface area contributed by atoms with Crippen LogP contribution in [0.4, 0.5) is 34.1 Å². The number of fused-ring (bicyclic) bond motifs is 20. The van der Waals surface area contributed by atoms with Crippen LogP contribution in [0.15, 0.2) is 289 Å². The van der Waals surface area contributed by atoms with E-state index in [0.717, 1.165) is 153 Å². The fraction of sp³-hybridized carbons (Fsp3) is 0.0909. The van der Waals surface area contributed by atoms with E-state index < -0.39 is 10.8 Å². The van der Waals surface area contributed by atoms with Crippen molar-refractivity contribution < 1.29 is 9.47 Å². The van der Waals surface area contributed by atoms with Gasteiger partial charge in [0.05, 0.1) is 33.6 Å². The van der Waals surface area contributed by atoms with Crippen LogP contribution in [0.3, 0.4) is 0 Å². The van der Waals surface area contributed by atoms with Gasteiger partial charge in [0.25, 0.3) is 0 Å². The highest BCUT2D eigenvalue weighted by Crippen LogP contribution is 2.65. The number of nitrogens with zero attached hydrogens (tertiary/aromatic N) is 2. The van der Waals surface area contributed by atoms with Crippen molar-refractivity contribution in [3.8, 4) is 45.3 Å². The van der Waals surface area contributed by atoms with Crippen molar-refractivity contribution >= 4 is 97.1 Å². The molecule has 0 saturated carbocycles. The van der Waals surface area contributed by atoms with Crippen molar-refractivity contribution in [3.63, 3.8) is 0 Å². The van der Waals surface area contributed by atoms with E-state index >= 15 is 0 Å². The summed E-state index contributed by atoms with van der Waals surface area (Å²) in [5, 5.41) is 2.89. The van der Waals surface area contributed by atoms with Crippen LogP contribution in [0.1, 0.15) is 95.2 Å². The van der Waals surface area contributed by atoms with Gasteiger partial charge < -0.3 is 19.3 Å². The third-order valence-electron chi connectivity index (χ3n) is 20.7. The molecule has 2 aromatic heterocycles. The molecule has 0 bridgehead atoms. The molecular weight excluding hydrogens is 1210 g/mol. The minimum absolute atomic E-state index is 0.0124. The van der Waals surface area contributed by atoms with Crippen molar-refractivity contribution in [2.45, 2.75) is 50.4 Å². The molecule has 8 heteroatoms. The van der Waals surface area contributed by atoms with Gasteiger partial charge in [0, 0.05) is 74.0 Å². The molecule has 0 radical (unpaired) electrons. The molecule has 0 amide bonds. The van der Waals surface area contributed by atoms with Crippen LogP contribution >= 0.6 is 22.7 Å². The lowest BCUT2D eigenvalue weighted by atomic mass is 9.60. The molecule has 0 unspecified atom stereocenters. The van der Waals surface area contributed by atoms with Crippen LogP contribution in [0.5, 0.6) is 23.0 Å². The second-order valence-corrected chi connectivity index (χ2v) is 28.6. The van der Waals surface area contributed by atoms with Crippen LogP contribution in [-0.4, -0.2) is 0 Å². The van der Waals surface area contributed by atoms with Crippen molar-refractivity contribution in [2.75, 3.05) is 9.80 Å². The van der Waals surface area contributed by atoms with Gasteiger partial charge in [-0.1, -0.05) is 191 Å². The van der Waals surface area contributed by atoms with Crippen molar-refractivity contribution in [3.05, 3.63) is 355 Å². The second-order valence-electron chi connectivity index (χ2n) is 26.5. The predicted molar refractivity (Wildman–Crippen MR) is 397 cm³/mol. The first-order valence-electron chi connectivity index (χ1n) is 33.0. The summed E-state index contributed by atoms with van der Waals surface area (Å²) in [5.74, 6) is 3.89. The molecule has 0 N–H and O–H groups in total. The Labute approximate surface area is 563 Å². The quantitative estimate of drug-likeness (QED) is 0.155. The average molecular weight is 1270 g/mol. The SMILES string of the molecule is CC(C)c1ccc2c(c1)C1(c3ccccc3O2)c2ccccc2N(c2ccc3c(=O)c4ccc(-c5ccc6c(c5)Oc5ccc(C(C)C)cc5C65c6ccccc6N(c6ccc(-c7ccc8c(=O)c9ccccc9sc8c7)cc6)c6ccccc65)cc4sc3c2)c2ccccc21. The Kier molecular flexibility index (Phi) is 12.4. The topological polar surface area (TPSA) is 59.1 Å². The van der Waals surface area contributed by atoms with Gasteiger partial charge in [0.15, 0.2) is 10.9 Å². The summed E-state index contributed by atoms with van der Waals surface area (Å²) >= 11 is 3.32. The van der Waals surface area contributed by atoms with E-state index in [1.807, 2.05) is 42.5 Å². The summed E-state index contributed by atoms with van der Waals surface area (Å²) in [6.45, 7) is 9.01. The Morgan fingerprint density at radius 1 is 0.292 bits per heavy atom. The summed E-state index contributed by atoms with van der Waals surface area (Å²) in [5.41, 5.74) is 20.6.